The van der Waals surface area contributed by atoms with Crippen molar-refractivity contribution >= 4 is 11.2 Å². The van der Waals surface area contributed by atoms with Gasteiger partial charge in [-0.25, -0.2) is 9.78 Å². The van der Waals surface area contributed by atoms with E-state index in [9.17, 15) is 9.59 Å². The second kappa shape index (κ2) is 4.52. The number of furan rings is 1. The Morgan fingerprint density at radius 3 is 2.80 bits per heavy atom. The van der Waals surface area contributed by atoms with Crippen molar-refractivity contribution in [2.75, 3.05) is 0 Å². The van der Waals surface area contributed by atoms with E-state index < -0.39 is 11.2 Å². The van der Waals surface area contributed by atoms with Crippen LogP contribution in [0.3, 0.4) is 0 Å². The van der Waals surface area contributed by atoms with E-state index in [2.05, 4.69) is 15.0 Å². The van der Waals surface area contributed by atoms with Crippen LogP contribution in [0.15, 0.2) is 26.3 Å². The summed E-state index contributed by atoms with van der Waals surface area (Å²) in [5, 5.41) is 0. The van der Waals surface area contributed by atoms with Crippen LogP contribution in [0, 0.1) is 0 Å². The lowest BCUT2D eigenvalue weighted by atomic mass is 10.2. The molecule has 0 spiro atoms. The van der Waals surface area contributed by atoms with Gasteiger partial charge in [0.05, 0.1) is 11.8 Å². The van der Waals surface area contributed by atoms with Crippen LogP contribution in [0.4, 0.5) is 0 Å². The summed E-state index contributed by atoms with van der Waals surface area (Å²) >= 11 is 0. The van der Waals surface area contributed by atoms with Crippen LogP contribution >= 0.6 is 0 Å². The number of hydrogen-bond acceptors (Lipinski definition) is 4. The highest BCUT2D eigenvalue weighted by Gasteiger charge is 2.16. The molecule has 0 bridgehead atoms. The predicted octanol–water partition coefficient (Wildman–Crippen LogP) is 1.26. The molecule has 0 unspecified atom stereocenters. The second-order valence-electron chi connectivity index (χ2n) is 4.40. The fourth-order valence-corrected chi connectivity index (χ4v) is 2.29. The first-order chi connectivity index (χ1) is 9.65. The summed E-state index contributed by atoms with van der Waals surface area (Å²) in [6, 6.07) is 1.79. The van der Waals surface area contributed by atoms with Gasteiger partial charge >= 0.3 is 5.69 Å². The van der Waals surface area contributed by atoms with Crippen molar-refractivity contribution in [1.29, 1.82) is 0 Å². The molecule has 3 heterocycles. The molecule has 3 rings (SSSR count). The average Bonchev–Trinajstić information content (AvgIpc) is 3.04. The van der Waals surface area contributed by atoms with Crippen LogP contribution in [0.25, 0.3) is 22.6 Å². The minimum absolute atomic E-state index is 0.296. The second-order valence-corrected chi connectivity index (χ2v) is 4.40. The van der Waals surface area contributed by atoms with Crippen LogP contribution in [0.1, 0.15) is 19.6 Å². The normalized spacial score (nSPS) is 11.3. The van der Waals surface area contributed by atoms with Gasteiger partial charge in [0.1, 0.15) is 17.1 Å². The number of hydrogen-bond donors (Lipinski definition) is 2. The zero-order chi connectivity index (χ0) is 14.3. The van der Waals surface area contributed by atoms with Crippen LogP contribution in [-0.2, 0) is 13.0 Å². The van der Waals surface area contributed by atoms with Crippen molar-refractivity contribution in [2.24, 2.45) is 0 Å². The molecule has 3 aromatic rings. The first kappa shape index (κ1) is 12.5. The van der Waals surface area contributed by atoms with Gasteiger partial charge in [-0.2, -0.15) is 0 Å². The zero-order valence-corrected chi connectivity index (χ0v) is 11.2. The molecule has 0 radical (unpaired) electrons. The minimum atomic E-state index is -0.463. The fourth-order valence-electron chi connectivity index (χ4n) is 2.29. The number of imidazole rings is 1. The smallest absolute Gasteiger partial charge is 0.330 e. The van der Waals surface area contributed by atoms with Crippen LogP contribution in [-0.4, -0.2) is 19.5 Å². The lowest BCUT2D eigenvalue weighted by Gasteiger charge is -1.99. The lowest BCUT2D eigenvalue weighted by molar-refractivity contribution is 0.517. The highest BCUT2D eigenvalue weighted by molar-refractivity contribution is 5.75. The van der Waals surface area contributed by atoms with Crippen molar-refractivity contribution in [3.05, 3.63) is 38.9 Å². The molecule has 0 amide bonds. The number of fused-ring (bicyclic) bond motifs is 1. The maximum atomic E-state index is 11.8. The SMILES string of the molecule is CCc1occc1-c1nc2c([nH]1)c(=O)[nH]c(=O)n2CC. The summed E-state index contributed by atoms with van der Waals surface area (Å²) in [4.78, 5) is 33.2. The number of aryl methyl sites for hydroxylation is 2. The fraction of sp³-hybridized carbons (Fsp3) is 0.308. The summed E-state index contributed by atoms with van der Waals surface area (Å²) in [5.74, 6) is 1.31. The van der Waals surface area contributed by atoms with E-state index in [1.165, 1.54) is 4.57 Å². The van der Waals surface area contributed by atoms with Crippen LogP contribution in [0.2, 0.25) is 0 Å². The summed E-state index contributed by atoms with van der Waals surface area (Å²) < 4.78 is 6.78. The summed E-state index contributed by atoms with van der Waals surface area (Å²) in [6.07, 6.45) is 2.30. The lowest BCUT2D eigenvalue weighted by Crippen LogP contribution is -2.29. The largest absolute Gasteiger partial charge is 0.469 e. The molecule has 0 saturated heterocycles. The topological polar surface area (TPSA) is 96.7 Å². The molecule has 0 aliphatic rings. The maximum Gasteiger partial charge on any atom is 0.330 e. The van der Waals surface area contributed by atoms with Gasteiger partial charge in [0.2, 0.25) is 0 Å². The van der Waals surface area contributed by atoms with Gasteiger partial charge in [0, 0.05) is 13.0 Å². The number of nitrogens with one attached hydrogen (secondary N) is 2. The quantitative estimate of drug-likeness (QED) is 0.751. The summed E-state index contributed by atoms with van der Waals surface area (Å²) in [5.41, 5.74) is 0.545. The van der Waals surface area contributed by atoms with Gasteiger partial charge < -0.3 is 9.40 Å². The van der Waals surface area contributed by atoms with E-state index in [1.54, 1.807) is 12.3 Å². The monoisotopic (exact) mass is 274 g/mol. The highest BCUT2D eigenvalue weighted by Crippen LogP contribution is 2.23. The number of H-pyrrole nitrogens is 2. The van der Waals surface area contributed by atoms with Crippen LogP contribution < -0.4 is 11.2 Å². The molecule has 0 aliphatic carbocycles. The molecule has 3 aromatic heterocycles. The third-order valence-electron chi connectivity index (χ3n) is 3.27. The molecule has 0 saturated carbocycles. The van der Waals surface area contributed by atoms with Crippen molar-refractivity contribution in [3.8, 4) is 11.4 Å². The Morgan fingerprint density at radius 2 is 2.10 bits per heavy atom. The number of rotatable bonds is 3. The van der Waals surface area contributed by atoms with Gasteiger partial charge in [-0.15, -0.1) is 0 Å². The van der Waals surface area contributed by atoms with Crippen molar-refractivity contribution in [1.82, 2.24) is 19.5 Å². The van der Waals surface area contributed by atoms with E-state index >= 15 is 0 Å². The van der Waals surface area contributed by atoms with E-state index in [1.807, 2.05) is 13.8 Å². The Kier molecular flexibility index (Phi) is 2.81. The standard InChI is InChI=1S/C13H14N4O3/c1-3-8-7(5-6-20-8)10-14-9-11(15-10)17(4-2)13(19)16-12(9)18/h5-6H,3-4H2,1-2H3,(H,14,15)(H,16,18,19). The number of aromatic nitrogens is 4. The van der Waals surface area contributed by atoms with Gasteiger partial charge in [-0.3, -0.25) is 14.3 Å². The first-order valence-electron chi connectivity index (χ1n) is 6.45. The highest BCUT2D eigenvalue weighted by atomic mass is 16.3. The Hall–Kier alpha value is -2.57. The summed E-state index contributed by atoms with van der Waals surface area (Å²) in [6.45, 7) is 4.23. The maximum absolute atomic E-state index is 11.8. The molecule has 2 N–H and O–H groups in total. The molecule has 0 fully saturated rings. The van der Waals surface area contributed by atoms with Crippen molar-refractivity contribution in [2.45, 2.75) is 26.8 Å². The summed E-state index contributed by atoms with van der Waals surface area (Å²) in [7, 11) is 0. The Bertz CT molecular complexity index is 881. The minimum Gasteiger partial charge on any atom is -0.469 e. The molecular formula is C13H14N4O3. The number of aromatic amines is 2. The van der Waals surface area contributed by atoms with Gasteiger partial charge in [-0.05, 0) is 13.0 Å². The number of nitrogens with zero attached hydrogens (tertiary/aromatic N) is 2. The van der Waals surface area contributed by atoms with Crippen LogP contribution in [0.5, 0.6) is 0 Å². The first-order valence-corrected chi connectivity index (χ1v) is 6.45. The van der Waals surface area contributed by atoms with E-state index in [0.717, 1.165) is 17.7 Å². The van der Waals surface area contributed by atoms with Gasteiger partial charge in [0.25, 0.3) is 5.56 Å². The Labute approximate surface area is 113 Å². The zero-order valence-electron chi connectivity index (χ0n) is 11.2. The van der Waals surface area contributed by atoms with Gasteiger partial charge in [0.15, 0.2) is 5.65 Å². The Morgan fingerprint density at radius 1 is 1.30 bits per heavy atom. The molecule has 0 atom stereocenters. The molecular weight excluding hydrogens is 260 g/mol. The molecule has 7 heteroatoms. The predicted molar refractivity (Wildman–Crippen MR) is 73.7 cm³/mol. The third kappa shape index (κ3) is 1.70. The Balaban J connectivity index is 2.33. The molecule has 104 valence electrons. The molecule has 0 aliphatic heterocycles. The molecule has 0 aromatic carbocycles. The van der Waals surface area contributed by atoms with E-state index in [-0.39, 0.29) is 0 Å². The third-order valence-corrected chi connectivity index (χ3v) is 3.27. The average molecular weight is 274 g/mol. The van der Waals surface area contributed by atoms with E-state index in [0.29, 0.717) is 23.5 Å². The molecule has 7 nitrogen and oxygen atoms in total. The van der Waals surface area contributed by atoms with E-state index in [4.69, 9.17) is 4.42 Å². The van der Waals surface area contributed by atoms with Gasteiger partial charge in [-0.1, -0.05) is 6.92 Å². The van der Waals surface area contributed by atoms with Crippen molar-refractivity contribution < 1.29 is 4.42 Å². The molecule has 20 heavy (non-hydrogen) atoms. The van der Waals surface area contributed by atoms with Crippen molar-refractivity contribution in [3.63, 3.8) is 0 Å².